The lowest BCUT2D eigenvalue weighted by molar-refractivity contribution is 0.389. The molecular formula is C12H16N2O2. The van der Waals surface area contributed by atoms with Gasteiger partial charge < -0.3 is 14.9 Å². The van der Waals surface area contributed by atoms with E-state index in [2.05, 4.69) is 4.98 Å². The van der Waals surface area contributed by atoms with Crippen molar-refractivity contribution in [2.75, 3.05) is 13.7 Å². The number of rotatable bonds is 3. The van der Waals surface area contributed by atoms with Crippen LogP contribution in [0, 0.1) is 0 Å². The van der Waals surface area contributed by atoms with E-state index in [1.54, 1.807) is 7.11 Å². The van der Waals surface area contributed by atoms with E-state index in [9.17, 15) is 0 Å². The molecule has 2 aromatic rings. The average Bonchev–Trinajstić information content (AvgIpc) is 2.72. The minimum Gasteiger partial charge on any atom is -0.497 e. The highest BCUT2D eigenvalue weighted by molar-refractivity contribution is 5.74. The summed E-state index contributed by atoms with van der Waals surface area (Å²) in [5.74, 6) is 1.43. The lowest BCUT2D eigenvalue weighted by atomic mass is 9.94. The Morgan fingerprint density at radius 1 is 1.44 bits per heavy atom. The van der Waals surface area contributed by atoms with E-state index >= 15 is 0 Å². The Morgan fingerprint density at radius 3 is 2.81 bits per heavy atom. The van der Waals surface area contributed by atoms with Crippen LogP contribution in [0.2, 0.25) is 0 Å². The molecule has 4 nitrogen and oxygen atoms in total. The van der Waals surface area contributed by atoms with Crippen LogP contribution in [0.15, 0.2) is 22.6 Å². The summed E-state index contributed by atoms with van der Waals surface area (Å²) in [6.07, 6.45) is 0. The number of methoxy groups -OCH3 is 1. The smallest absolute Gasteiger partial charge is 0.202 e. The Balaban J connectivity index is 2.52. The summed E-state index contributed by atoms with van der Waals surface area (Å²) < 4.78 is 10.8. The molecule has 1 heterocycles. The molecule has 86 valence electrons. The van der Waals surface area contributed by atoms with Crippen LogP contribution in [0.1, 0.15) is 19.7 Å². The quantitative estimate of drug-likeness (QED) is 0.860. The van der Waals surface area contributed by atoms with Crippen molar-refractivity contribution in [3.8, 4) is 5.75 Å². The fourth-order valence-corrected chi connectivity index (χ4v) is 1.41. The third-order valence-corrected chi connectivity index (χ3v) is 2.68. The van der Waals surface area contributed by atoms with Crippen LogP contribution < -0.4 is 10.5 Å². The van der Waals surface area contributed by atoms with Gasteiger partial charge in [0.1, 0.15) is 11.3 Å². The standard InChI is InChI=1S/C12H16N2O2/c1-12(2,7-13)11-14-9-5-4-8(15-3)6-10(9)16-11/h4-6H,7,13H2,1-3H3. The van der Waals surface area contributed by atoms with Gasteiger partial charge in [-0.2, -0.15) is 0 Å². The monoisotopic (exact) mass is 220 g/mol. The number of aromatic nitrogens is 1. The van der Waals surface area contributed by atoms with Gasteiger partial charge in [-0.1, -0.05) is 0 Å². The predicted octanol–water partition coefficient (Wildman–Crippen LogP) is 2.07. The number of fused-ring (bicyclic) bond motifs is 1. The number of hydrogen-bond donors (Lipinski definition) is 1. The normalized spacial score (nSPS) is 12.0. The summed E-state index contributed by atoms with van der Waals surface area (Å²) in [4.78, 5) is 4.43. The highest BCUT2D eigenvalue weighted by Gasteiger charge is 2.25. The fraction of sp³-hybridized carbons (Fsp3) is 0.417. The summed E-state index contributed by atoms with van der Waals surface area (Å²) in [6, 6.07) is 5.58. The second-order valence-corrected chi connectivity index (χ2v) is 4.44. The van der Waals surface area contributed by atoms with Crippen LogP contribution in [-0.2, 0) is 5.41 Å². The van der Waals surface area contributed by atoms with Crippen molar-refractivity contribution in [1.82, 2.24) is 4.98 Å². The number of benzene rings is 1. The van der Waals surface area contributed by atoms with E-state index in [0.29, 0.717) is 12.4 Å². The SMILES string of the molecule is COc1ccc2nc(C(C)(C)CN)oc2c1. The molecule has 0 fully saturated rings. The van der Waals surface area contributed by atoms with Gasteiger partial charge >= 0.3 is 0 Å². The van der Waals surface area contributed by atoms with E-state index in [4.69, 9.17) is 14.9 Å². The molecule has 0 radical (unpaired) electrons. The Kier molecular flexibility index (Phi) is 2.59. The molecule has 0 atom stereocenters. The van der Waals surface area contributed by atoms with Crippen LogP contribution in [0.3, 0.4) is 0 Å². The van der Waals surface area contributed by atoms with Crippen molar-refractivity contribution in [1.29, 1.82) is 0 Å². The van der Waals surface area contributed by atoms with Crippen molar-refractivity contribution >= 4 is 11.1 Å². The van der Waals surface area contributed by atoms with Crippen molar-refractivity contribution in [2.24, 2.45) is 5.73 Å². The molecule has 0 aliphatic rings. The maximum atomic E-state index is 5.70. The van der Waals surface area contributed by atoms with Gasteiger partial charge in [0.15, 0.2) is 5.58 Å². The second kappa shape index (κ2) is 3.79. The predicted molar refractivity (Wildman–Crippen MR) is 62.6 cm³/mol. The van der Waals surface area contributed by atoms with Crippen LogP contribution in [0.5, 0.6) is 5.75 Å². The van der Waals surface area contributed by atoms with Gasteiger partial charge in [0, 0.05) is 12.6 Å². The number of ether oxygens (including phenoxy) is 1. The largest absolute Gasteiger partial charge is 0.497 e. The molecule has 0 saturated heterocycles. The molecule has 0 spiro atoms. The highest BCUT2D eigenvalue weighted by Crippen LogP contribution is 2.27. The second-order valence-electron chi connectivity index (χ2n) is 4.44. The molecule has 0 aliphatic carbocycles. The van der Waals surface area contributed by atoms with Gasteiger partial charge in [0.05, 0.1) is 12.5 Å². The minimum absolute atomic E-state index is 0.244. The van der Waals surface area contributed by atoms with Crippen molar-refractivity contribution < 1.29 is 9.15 Å². The first-order chi connectivity index (χ1) is 7.56. The van der Waals surface area contributed by atoms with E-state index in [1.165, 1.54) is 0 Å². The zero-order chi connectivity index (χ0) is 11.8. The zero-order valence-corrected chi connectivity index (χ0v) is 9.78. The molecule has 0 unspecified atom stereocenters. The number of oxazole rings is 1. The van der Waals surface area contributed by atoms with Crippen molar-refractivity contribution in [2.45, 2.75) is 19.3 Å². The Hall–Kier alpha value is -1.55. The van der Waals surface area contributed by atoms with Crippen molar-refractivity contribution in [3.05, 3.63) is 24.1 Å². The van der Waals surface area contributed by atoms with Gasteiger partial charge in [-0.15, -0.1) is 0 Å². The maximum Gasteiger partial charge on any atom is 0.202 e. The van der Waals surface area contributed by atoms with Crippen LogP contribution in [-0.4, -0.2) is 18.6 Å². The number of hydrogen-bond acceptors (Lipinski definition) is 4. The fourth-order valence-electron chi connectivity index (χ4n) is 1.41. The summed E-state index contributed by atoms with van der Waals surface area (Å²) in [5, 5.41) is 0. The molecule has 0 saturated carbocycles. The van der Waals surface area contributed by atoms with E-state index < -0.39 is 0 Å². The lowest BCUT2D eigenvalue weighted by Gasteiger charge is -2.16. The highest BCUT2D eigenvalue weighted by atomic mass is 16.5. The van der Waals surface area contributed by atoms with Gasteiger partial charge in [-0.05, 0) is 26.0 Å². The summed E-state index contributed by atoms with van der Waals surface area (Å²) in [6.45, 7) is 4.51. The Bertz CT molecular complexity index is 503. The molecular weight excluding hydrogens is 204 g/mol. The molecule has 0 bridgehead atoms. The Morgan fingerprint density at radius 2 is 2.19 bits per heavy atom. The molecule has 0 aliphatic heterocycles. The minimum atomic E-state index is -0.244. The third kappa shape index (κ3) is 1.76. The third-order valence-electron chi connectivity index (χ3n) is 2.68. The summed E-state index contributed by atoms with van der Waals surface area (Å²) in [5.41, 5.74) is 7.01. The molecule has 4 heteroatoms. The topological polar surface area (TPSA) is 61.3 Å². The molecule has 1 aromatic carbocycles. The van der Waals surface area contributed by atoms with Crippen LogP contribution in [0.4, 0.5) is 0 Å². The molecule has 1 aromatic heterocycles. The maximum absolute atomic E-state index is 5.70. The van der Waals surface area contributed by atoms with E-state index in [-0.39, 0.29) is 5.41 Å². The number of nitrogens with zero attached hydrogens (tertiary/aromatic N) is 1. The number of nitrogens with two attached hydrogens (primary N) is 1. The van der Waals surface area contributed by atoms with Gasteiger partial charge in [-0.25, -0.2) is 4.98 Å². The van der Waals surface area contributed by atoms with E-state index in [1.807, 2.05) is 32.0 Å². The average molecular weight is 220 g/mol. The Labute approximate surface area is 94.4 Å². The molecule has 2 N–H and O–H groups in total. The summed E-state index contributed by atoms with van der Waals surface area (Å²) >= 11 is 0. The lowest BCUT2D eigenvalue weighted by Crippen LogP contribution is -2.28. The zero-order valence-electron chi connectivity index (χ0n) is 9.78. The molecule has 16 heavy (non-hydrogen) atoms. The molecule has 2 rings (SSSR count). The van der Waals surface area contributed by atoms with Gasteiger partial charge in [-0.3, -0.25) is 0 Å². The first-order valence-corrected chi connectivity index (χ1v) is 5.22. The first-order valence-electron chi connectivity index (χ1n) is 5.22. The van der Waals surface area contributed by atoms with Crippen LogP contribution in [0.25, 0.3) is 11.1 Å². The first kappa shape index (κ1) is 11.0. The van der Waals surface area contributed by atoms with E-state index in [0.717, 1.165) is 16.8 Å². The van der Waals surface area contributed by atoms with Crippen molar-refractivity contribution in [3.63, 3.8) is 0 Å². The molecule has 0 amide bonds. The van der Waals surface area contributed by atoms with Crippen LogP contribution >= 0.6 is 0 Å². The van der Waals surface area contributed by atoms with Gasteiger partial charge in [0.2, 0.25) is 5.89 Å². The van der Waals surface area contributed by atoms with Gasteiger partial charge in [0.25, 0.3) is 0 Å². The summed E-state index contributed by atoms with van der Waals surface area (Å²) in [7, 11) is 1.63.